The molecule has 0 aromatic heterocycles. The van der Waals surface area contributed by atoms with Crippen LogP contribution in [-0.2, 0) is 23.7 Å². The highest BCUT2D eigenvalue weighted by atomic mass is 16.7. The van der Waals surface area contributed by atoms with E-state index < -0.39 is 6.10 Å². The molecule has 0 fully saturated rings. The zero-order valence-corrected chi connectivity index (χ0v) is 30.9. The van der Waals surface area contributed by atoms with Crippen LogP contribution in [0.1, 0.15) is 149 Å². The predicted molar refractivity (Wildman–Crippen MR) is 195 cm³/mol. The van der Waals surface area contributed by atoms with Gasteiger partial charge in [-0.25, -0.2) is 0 Å². The Hall–Kier alpha value is -1.29. The number of hydrogen-bond acceptors (Lipinski definition) is 8. The maximum Gasteiger partial charge on any atom is 0.305 e. The van der Waals surface area contributed by atoms with Gasteiger partial charge in [-0.2, -0.15) is 0 Å². The third kappa shape index (κ3) is 34.4. The van der Waals surface area contributed by atoms with Crippen LogP contribution < -0.4 is 0 Å². The molecule has 47 heavy (non-hydrogen) atoms. The Morgan fingerprint density at radius 1 is 0.638 bits per heavy atom. The highest BCUT2D eigenvalue weighted by Gasteiger charge is 2.14. The number of carbonyl (C=O) groups excluding carboxylic acids is 1. The number of aliphatic hydroxyl groups is 2. The molecule has 0 aliphatic rings. The molecule has 0 amide bonds. The topological polar surface area (TPSA) is 97.7 Å². The van der Waals surface area contributed by atoms with Crippen LogP contribution in [0, 0.1) is 0 Å². The Morgan fingerprint density at radius 2 is 1.15 bits per heavy atom. The second-order valence-electron chi connectivity index (χ2n) is 12.7. The first-order valence-corrected chi connectivity index (χ1v) is 19.3. The molecule has 0 radical (unpaired) electrons. The van der Waals surface area contributed by atoms with E-state index in [1.807, 2.05) is 0 Å². The molecule has 0 aliphatic heterocycles. The van der Waals surface area contributed by atoms with E-state index in [9.17, 15) is 15.0 Å². The van der Waals surface area contributed by atoms with Crippen molar-refractivity contribution in [2.45, 2.75) is 161 Å². The molecule has 0 heterocycles. The molecule has 0 saturated carbocycles. The molecule has 2 N–H and O–H groups in total. The van der Waals surface area contributed by atoms with Gasteiger partial charge in [0.2, 0.25) is 0 Å². The largest absolute Gasteiger partial charge is 0.466 e. The predicted octanol–water partition coefficient (Wildman–Crippen LogP) is 8.53. The van der Waals surface area contributed by atoms with Crippen molar-refractivity contribution in [1.29, 1.82) is 0 Å². The summed E-state index contributed by atoms with van der Waals surface area (Å²) in [6, 6.07) is 0. The molecule has 0 aromatic rings. The van der Waals surface area contributed by atoms with Gasteiger partial charge < -0.3 is 34.1 Å². The highest BCUT2D eigenvalue weighted by molar-refractivity contribution is 5.69. The van der Waals surface area contributed by atoms with Crippen molar-refractivity contribution in [3.05, 3.63) is 24.3 Å². The Kier molecular flexibility index (Phi) is 36.5. The second-order valence-corrected chi connectivity index (χ2v) is 12.7. The van der Waals surface area contributed by atoms with E-state index in [2.05, 4.69) is 43.1 Å². The second kappa shape index (κ2) is 37.5. The van der Waals surface area contributed by atoms with Crippen molar-refractivity contribution in [2.75, 3.05) is 59.8 Å². The van der Waals surface area contributed by atoms with Crippen LogP contribution in [-0.4, -0.2) is 93.3 Å². The molecule has 1 unspecified atom stereocenters. The molecule has 0 aromatic carbocycles. The third-order valence-corrected chi connectivity index (χ3v) is 8.22. The SMILES string of the molecule is CC/C=C\CCCCOC(CCC(=O)OCCCCCCCN(CCCCCCCOC)CCC(O)CO)OCCCC/C=C\CC. The Morgan fingerprint density at radius 3 is 1.68 bits per heavy atom. The monoisotopic (exact) mass is 670 g/mol. The van der Waals surface area contributed by atoms with E-state index in [0.717, 1.165) is 116 Å². The number of methoxy groups -OCH3 is 1. The summed E-state index contributed by atoms with van der Waals surface area (Å²) in [6.07, 6.45) is 29.1. The van der Waals surface area contributed by atoms with E-state index in [1.54, 1.807) is 7.11 Å². The van der Waals surface area contributed by atoms with Crippen LogP contribution in [0.25, 0.3) is 0 Å². The molecular weight excluding hydrogens is 594 g/mol. The van der Waals surface area contributed by atoms with Gasteiger partial charge in [-0.3, -0.25) is 4.79 Å². The van der Waals surface area contributed by atoms with Crippen LogP contribution in [0.3, 0.4) is 0 Å². The zero-order chi connectivity index (χ0) is 34.5. The zero-order valence-electron chi connectivity index (χ0n) is 30.9. The van der Waals surface area contributed by atoms with Crippen molar-refractivity contribution >= 4 is 5.97 Å². The molecule has 0 rings (SSSR count). The number of allylic oxidation sites excluding steroid dienone is 4. The number of aliphatic hydroxyl groups excluding tert-OH is 2. The molecule has 1 atom stereocenters. The van der Waals surface area contributed by atoms with Gasteiger partial charge in [-0.15, -0.1) is 0 Å². The van der Waals surface area contributed by atoms with E-state index in [4.69, 9.17) is 18.9 Å². The Bertz CT molecular complexity index is 679. The fourth-order valence-electron chi connectivity index (χ4n) is 5.27. The number of hydrogen-bond donors (Lipinski definition) is 2. The number of unbranched alkanes of at least 4 members (excludes halogenated alkanes) is 12. The standard InChI is InChI=1S/C39H75NO7/c1-4-6-8-10-17-24-34-46-39(47-35-25-18-11-9-7-5-2)27-26-38(43)45-33-23-19-13-15-21-30-40(31-28-37(42)36-41)29-20-14-12-16-22-32-44-3/h6-9,37,39,41-42H,4-5,10-36H2,1-3H3/b8-6-,9-7-. The molecule has 0 saturated heterocycles. The molecule has 278 valence electrons. The first-order chi connectivity index (χ1) is 23.1. The lowest BCUT2D eigenvalue weighted by molar-refractivity contribution is -0.159. The summed E-state index contributed by atoms with van der Waals surface area (Å²) in [6.45, 7) is 9.63. The van der Waals surface area contributed by atoms with Gasteiger partial charge in [0, 0.05) is 39.9 Å². The third-order valence-electron chi connectivity index (χ3n) is 8.22. The minimum atomic E-state index is -0.633. The lowest BCUT2D eigenvalue weighted by atomic mass is 10.1. The van der Waals surface area contributed by atoms with Gasteiger partial charge in [0.15, 0.2) is 6.29 Å². The fraction of sp³-hybridized carbons (Fsp3) is 0.872. The number of rotatable bonds is 37. The smallest absolute Gasteiger partial charge is 0.305 e. The summed E-state index contributed by atoms with van der Waals surface area (Å²) in [5, 5.41) is 19.0. The summed E-state index contributed by atoms with van der Waals surface area (Å²) < 4.78 is 22.7. The van der Waals surface area contributed by atoms with E-state index in [-0.39, 0.29) is 18.9 Å². The van der Waals surface area contributed by atoms with Crippen LogP contribution in [0.4, 0.5) is 0 Å². The number of nitrogens with zero attached hydrogens (tertiary/aromatic N) is 1. The highest BCUT2D eigenvalue weighted by Crippen LogP contribution is 2.12. The van der Waals surface area contributed by atoms with Crippen LogP contribution in [0.5, 0.6) is 0 Å². The van der Waals surface area contributed by atoms with E-state index >= 15 is 0 Å². The molecule has 0 bridgehead atoms. The number of ether oxygens (including phenoxy) is 4. The van der Waals surface area contributed by atoms with E-state index in [0.29, 0.717) is 39.1 Å². The first-order valence-electron chi connectivity index (χ1n) is 19.3. The van der Waals surface area contributed by atoms with Crippen molar-refractivity contribution in [2.24, 2.45) is 0 Å². The summed E-state index contributed by atoms with van der Waals surface area (Å²) in [5.41, 5.74) is 0. The van der Waals surface area contributed by atoms with Crippen molar-refractivity contribution < 1.29 is 34.0 Å². The average molecular weight is 670 g/mol. The summed E-state index contributed by atoms with van der Waals surface area (Å²) >= 11 is 0. The van der Waals surface area contributed by atoms with Gasteiger partial charge in [-0.05, 0) is 96.6 Å². The molecule has 0 spiro atoms. The lowest BCUT2D eigenvalue weighted by Gasteiger charge is -2.23. The van der Waals surface area contributed by atoms with Crippen molar-refractivity contribution in [3.8, 4) is 0 Å². The van der Waals surface area contributed by atoms with Crippen LogP contribution in [0.15, 0.2) is 24.3 Å². The quantitative estimate of drug-likeness (QED) is 0.0294. The van der Waals surface area contributed by atoms with Crippen LogP contribution >= 0.6 is 0 Å². The van der Waals surface area contributed by atoms with Gasteiger partial charge in [0.05, 0.1) is 25.7 Å². The molecular formula is C39H75NO7. The van der Waals surface area contributed by atoms with Crippen molar-refractivity contribution in [1.82, 2.24) is 4.90 Å². The number of esters is 1. The summed E-state index contributed by atoms with van der Waals surface area (Å²) in [4.78, 5) is 14.9. The van der Waals surface area contributed by atoms with Gasteiger partial charge in [-0.1, -0.05) is 76.7 Å². The Balaban J connectivity index is 4.19. The summed E-state index contributed by atoms with van der Waals surface area (Å²) in [5.74, 6) is -0.170. The van der Waals surface area contributed by atoms with E-state index in [1.165, 1.54) is 25.7 Å². The maximum atomic E-state index is 12.4. The van der Waals surface area contributed by atoms with Gasteiger partial charge in [0.1, 0.15) is 0 Å². The lowest BCUT2D eigenvalue weighted by Crippen LogP contribution is -2.30. The molecule has 8 nitrogen and oxygen atoms in total. The molecule has 0 aliphatic carbocycles. The van der Waals surface area contributed by atoms with Crippen molar-refractivity contribution in [3.63, 3.8) is 0 Å². The minimum Gasteiger partial charge on any atom is -0.466 e. The normalized spacial score (nSPS) is 12.7. The molecule has 8 heteroatoms. The Labute approximate surface area is 289 Å². The van der Waals surface area contributed by atoms with Gasteiger partial charge in [0.25, 0.3) is 0 Å². The van der Waals surface area contributed by atoms with Crippen LogP contribution in [0.2, 0.25) is 0 Å². The maximum absolute atomic E-state index is 12.4. The van der Waals surface area contributed by atoms with Gasteiger partial charge >= 0.3 is 5.97 Å². The summed E-state index contributed by atoms with van der Waals surface area (Å²) in [7, 11) is 1.75. The number of carbonyl (C=O) groups is 1. The minimum absolute atomic E-state index is 0.170. The average Bonchev–Trinajstić information content (AvgIpc) is 3.08. The first kappa shape index (κ1) is 45.7. The fourth-order valence-corrected chi connectivity index (χ4v) is 5.27.